The number of nitrogens with zero attached hydrogens (tertiary/aromatic N) is 1. The summed E-state index contributed by atoms with van der Waals surface area (Å²) in [6, 6.07) is 16.4. The normalized spacial score (nSPS) is 17.4. The van der Waals surface area contributed by atoms with Crippen molar-refractivity contribution in [1.82, 2.24) is 4.90 Å². The third kappa shape index (κ3) is 3.91. The van der Waals surface area contributed by atoms with Crippen molar-refractivity contribution < 1.29 is 9.59 Å². The number of hydrogen-bond acceptors (Lipinski definition) is 3. The van der Waals surface area contributed by atoms with E-state index in [1.807, 2.05) is 30.3 Å². The molecule has 1 aliphatic rings. The first-order valence-corrected chi connectivity index (χ1v) is 9.18. The van der Waals surface area contributed by atoms with E-state index in [-0.39, 0.29) is 6.04 Å². The highest BCUT2D eigenvalue weighted by Gasteiger charge is 2.31. The number of nitrogens with one attached hydrogen (secondary N) is 1. The molecule has 2 aromatic rings. The van der Waals surface area contributed by atoms with Crippen LogP contribution in [0.15, 0.2) is 54.6 Å². The van der Waals surface area contributed by atoms with Crippen LogP contribution in [0.5, 0.6) is 0 Å². The molecule has 2 aromatic carbocycles. The van der Waals surface area contributed by atoms with Crippen LogP contribution in [-0.4, -0.2) is 34.8 Å². The van der Waals surface area contributed by atoms with Crippen LogP contribution >= 0.6 is 23.4 Å². The standard InChI is InChI=1S/C18H17ClN2O2S/c19-14-6-8-15(9-7-14)20-17(22)18(23)21-10-11-24-12-16(21)13-4-2-1-3-5-13/h1-9,16H,10-12H2,(H,20,22)/t16-/m1/s1. The summed E-state index contributed by atoms with van der Waals surface area (Å²) in [7, 11) is 0. The van der Waals surface area contributed by atoms with Crippen molar-refractivity contribution in [2.24, 2.45) is 0 Å². The lowest BCUT2D eigenvalue weighted by atomic mass is 10.1. The van der Waals surface area contributed by atoms with Gasteiger partial charge in [-0.2, -0.15) is 11.8 Å². The molecule has 6 heteroatoms. The SMILES string of the molecule is O=C(Nc1ccc(Cl)cc1)C(=O)N1CCSC[C@@H]1c1ccccc1. The average molecular weight is 361 g/mol. The van der Waals surface area contributed by atoms with Crippen LogP contribution in [0.3, 0.4) is 0 Å². The third-order valence-corrected chi connectivity index (χ3v) is 5.14. The summed E-state index contributed by atoms with van der Waals surface area (Å²) in [5, 5.41) is 3.22. The van der Waals surface area contributed by atoms with Crippen molar-refractivity contribution in [3.05, 3.63) is 65.2 Å². The molecule has 1 heterocycles. The molecule has 0 radical (unpaired) electrons. The van der Waals surface area contributed by atoms with Crippen LogP contribution in [0.25, 0.3) is 0 Å². The Bertz CT molecular complexity index is 722. The lowest BCUT2D eigenvalue weighted by Crippen LogP contribution is -2.46. The average Bonchev–Trinajstić information content (AvgIpc) is 2.63. The number of thioether (sulfide) groups is 1. The van der Waals surface area contributed by atoms with Crippen molar-refractivity contribution in [1.29, 1.82) is 0 Å². The summed E-state index contributed by atoms with van der Waals surface area (Å²) in [6.45, 7) is 0.567. The molecule has 3 rings (SSSR count). The second-order valence-electron chi connectivity index (χ2n) is 5.46. The Kier molecular flexibility index (Phi) is 5.43. The van der Waals surface area contributed by atoms with Gasteiger partial charge in [-0.25, -0.2) is 0 Å². The van der Waals surface area contributed by atoms with E-state index in [9.17, 15) is 9.59 Å². The maximum atomic E-state index is 12.6. The van der Waals surface area contributed by atoms with E-state index in [0.717, 1.165) is 17.1 Å². The van der Waals surface area contributed by atoms with Gasteiger partial charge < -0.3 is 10.2 Å². The van der Waals surface area contributed by atoms with Gasteiger partial charge in [-0.05, 0) is 29.8 Å². The van der Waals surface area contributed by atoms with Crippen molar-refractivity contribution in [3.63, 3.8) is 0 Å². The van der Waals surface area contributed by atoms with Crippen molar-refractivity contribution in [2.45, 2.75) is 6.04 Å². The van der Waals surface area contributed by atoms with Gasteiger partial charge in [0.05, 0.1) is 6.04 Å². The van der Waals surface area contributed by atoms with Gasteiger partial charge in [-0.1, -0.05) is 41.9 Å². The van der Waals surface area contributed by atoms with E-state index in [2.05, 4.69) is 5.32 Å². The van der Waals surface area contributed by atoms with Gasteiger partial charge in [-0.15, -0.1) is 0 Å². The molecule has 0 aliphatic carbocycles. The molecule has 24 heavy (non-hydrogen) atoms. The first-order chi connectivity index (χ1) is 11.6. The second kappa shape index (κ2) is 7.73. The zero-order chi connectivity index (χ0) is 16.9. The molecular weight excluding hydrogens is 344 g/mol. The highest BCUT2D eigenvalue weighted by Crippen LogP contribution is 2.29. The number of rotatable bonds is 2. The van der Waals surface area contributed by atoms with E-state index in [1.54, 1.807) is 40.9 Å². The van der Waals surface area contributed by atoms with Crippen molar-refractivity contribution in [2.75, 3.05) is 23.4 Å². The van der Waals surface area contributed by atoms with E-state index in [0.29, 0.717) is 17.3 Å². The zero-order valence-electron chi connectivity index (χ0n) is 12.9. The summed E-state index contributed by atoms with van der Waals surface area (Å²) >= 11 is 7.63. The Morgan fingerprint density at radius 1 is 1.08 bits per heavy atom. The fraction of sp³-hybridized carbons (Fsp3) is 0.222. The molecule has 4 nitrogen and oxygen atoms in total. The number of halogens is 1. The highest BCUT2D eigenvalue weighted by molar-refractivity contribution is 7.99. The fourth-order valence-electron chi connectivity index (χ4n) is 2.65. The van der Waals surface area contributed by atoms with Gasteiger partial charge in [0, 0.05) is 28.8 Å². The van der Waals surface area contributed by atoms with Gasteiger partial charge in [0.1, 0.15) is 0 Å². The highest BCUT2D eigenvalue weighted by atomic mass is 35.5. The molecule has 124 valence electrons. The van der Waals surface area contributed by atoms with Gasteiger partial charge in [0.15, 0.2) is 0 Å². The number of carbonyl (C=O) groups is 2. The summed E-state index contributed by atoms with van der Waals surface area (Å²) < 4.78 is 0. The lowest BCUT2D eigenvalue weighted by molar-refractivity contribution is -0.144. The summed E-state index contributed by atoms with van der Waals surface area (Å²) in [6.07, 6.45) is 0. The Labute approximate surface area is 150 Å². The van der Waals surface area contributed by atoms with Crippen LogP contribution in [0.2, 0.25) is 5.02 Å². The lowest BCUT2D eigenvalue weighted by Gasteiger charge is -2.35. The van der Waals surface area contributed by atoms with Gasteiger partial charge >= 0.3 is 11.8 Å². The minimum Gasteiger partial charge on any atom is -0.326 e. The molecule has 1 fully saturated rings. The minimum absolute atomic E-state index is 0.0755. The number of hydrogen-bond donors (Lipinski definition) is 1. The monoisotopic (exact) mass is 360 g/mol. The molecule has 1 atom stereocenters. The van der Waals surface area contributed by atoms with Crippen molar-refractivity contribution in [3.8, 4) is 0 Å². The van der Waals surface area contributed by atoms with Crippen LogP contribution in [0, 0.1) is 0 Å². The number of carbonyl (C=O) groups excluding carboxylic acids is 2. The Balaban J connectivity index is 1.74. The van der Waals surface area contributed by atoms with Gasteiger partial charge in [0.2, 0.25) is 0 Å². The van der Waals surface area contributed by atoms with Gasteiger partial charge in [0.25, 0.3) is 0 Å². The molecular formula is C18H17ClN2O2S. The summed E-state index contributed by atoms with van der Waals surface area (Å²) in [4.78, 5) is 26.6. The number of anilines is 1. The summed E-state index contributed by atoms with van der Waals surface area (Å²) in [5.41, 5.74) is 1.61. The molecule has 1 saturated heterocycles. The number of amides is 2. The Morgan fingerprint density at radius 3 is 2.50 bits per heavy atom. The van der Waals surface area contributed by atoms with Gasteiger partial charge in [-0.3, -0.25) is 9.59 Å². The van der Waals surface area contributed by atoms with Crippen LogP contribution in [0.1, 0.15) is 11.6 Å². The van der Waals surface area contributed by atoms with Crippen LogP contribution < -0.4 is 5.32 Å². The molecule has 0 bridgehead atoms. The van der Waals surface area contributed by atoms with E-state index in [1.165, 1.54) is 0 Å². The molecule has 1 N–H and O–H groups in total. The Morgan fingerprint density at radius 2 is 1.79 bits per heavy atom. The Hall–Kier alpha value is -1.98. The molecule has 0 saturated carbocycles. The predicted molar refractivity (Wildman–Crippen MR) is 98.3 cm³/mol. The molecule has 0 aromatic heterocycles. The van der Waals surface area contributed by atoms with Crippen molar-refractivity contribution >= 4 is 40.9 Å². The molecule has 1 aliphatic heterocycles. The second-order valence-corrected chi connectivity index (χ2v) is 7.05. The van der Waals surface area contributed by atoms with E-state index < -0.39 is 11.8 Å². The van der Waals surface area contributed by atoms with E-state index in [4.69, 9.17) is 11.6 Å². The maximum Gasteiger partial charge on any atom is 0.313 e. The van der Waals surface area contributed by atoms with Crippen LogP contribution in [-0.2, 0) is 9.59 Å². The quantitative estimate of drug-likeness (QED) is 0.832. The maximum absolute atomic E-state index is 12.6. The topological polar surface area (TPSA) is 49.4 Å². The minimum atomic E-state index is -0.620. The fourth-order valence-corrected chi connectivity index (χ4v) is 3.86. The molecule has 0 spiro atoms. The predicted octanol–water partition coefficient (Wildman–Crippen LogP) is 3.60. The zero-order valence-corrected chi connectivity index (χ0v) is 14.5. The third-order valence-electron chi connectivity index (χ3n) is 3.87. The van der Waals surface area contributed by atoms with Crippen LogP contribution in [0.4, 0.5) is 5.69 Å². The summed E-state index contributed by atoms with van der Waals surface area (Å²) in [5.74, 6) is 0.511. The molecule has 0 unspecified atom stereocenters. The smallest absolute Gasteiger partial charge is 0.313 e. The largest absolute Gasteiger partial charge is 0.326 e. The first kappa shape index (κ1) is 16.9. The number of benzene rings is 2. The molecule has 2 amide bonds. The first-order valence-electron chi connectivity index (χ1n) is 7.65. The van der Waals surface area contributed by atoms with E-state index >= 15 is 0 Å².